The molecule has 0 radical (unpaired) electrons. The summed E-state index contributed by atoms with van der Waals surface area (Å²) in [5, 5.41) is 4.61. The minimum absolute atomic E-state index is 0.219. The van der Waals surface area contributed by atoms with Crippen LogP contribution < -0.4 is 14.9 Å². The van der Waals surface area contributed by atoms with Crippen molar-refractivity contribution in [2.75, 3.05) is 6.61 Å². The molecular weight excluding hydrogens is 519 g/mol. The average molecular weight is 536 g/mol. The summed E-state index contributed by atoms with van der Waals surface area (Å²) in [6, 6.07) is 16.5. The van der Waals surface area contributed by atoms with Crippen molar-refractivity contribution in [2.24, 2.45) is 5.10 Å². The van der Waals surface area contributed by atoms with Gasteiger partial charge in [0, 0.05) is 5.02 Å². The second-order valence-corrected chi connectivity index (χ2v) is 8.04. The van der Waals surface area contributed by atoms with Gasteiger partial charge in [0.2, 0.25) is 0 Å². The molecule has 0 unspecified atom stereocenters. The summed E-state index contributed by atoms with van der Waals surface area (Å²) < 4.78 is 11.7. The second-order valence-electron chi connectivity index (χ2n) is 6.34. The van der Waals surface area contributed by atoms with E-state index in [-0.39, 0.29) is 16.3 Å². The molecule has 3 aromatic rings. The molecule has 6 nitrogen and oxygen atoms in total. The lowest BCUT2D eigenvalue weighted by Gasteiger charge is -2.13. The number of halogens is 3. The van der Waals surface area contributed by atoms with Crippen LogP contribution in [0.5, 0.6) is 11.5 Å². The molecule has 0 aliphatic rings. The molecule has 3 aromatic carbocycles. The van der Waals surface area contributed by atoms with Gasteiger partial charge in [-0.25, -0.2) is 10.2 Å². The van der Waals surface area contributed by atoms with Gasteiger partial charge >= 0.3 is 5.97 Å². The van der Waals surface area contributed by atoms with E-state index >= 15 is 0 Å². The zero-order chi connectivity index (χ0) is 23.1. The molecule has 32 heavy (non-hydrogen) atoms. The van der Waals surface area contributed by atoms with Crippen molar-refractivity contribution in [3.8, 4) is 11.5 Å². The van der Waals surface area contributed by atoms with Crippen LogP contribution in [0.1, 0.15) is 33.2 Å². The maximum atomic E-state index is 12.4. The van der Waals surface area contributed by atoms with E-state index in [2.05, 4.69) is 26.5 Å². The van der Waals surface area contributed by atoms with E-state index in [9.17, 15) is 9.59 Å². The highest BCUT2D eigenvalue weighted by Gasteiger charge is 2.17. The summed E-state index contributed by atoms with van der Waals surface area (Å²) in [6.07, 6.45) is 1.43. The molecular formula is C23H17BrCl2N2O4. The molecule has 0 aromatic heterocycles. The maximum absolute atomic E-state index is 12.4. The number of nitrogens with one attached hydrogen (secondary N) is 1. The third-order valence-corrected chi connectivity index (χ3v) is 5.23. The van der Waals surface area contributed by atoms with Crippen molar-refractivity contribution in [2.45, 2.75) is 6.92 Å². The average Bonchev–Trinajstić information content (AvgIpc) is 2.76. The molecule has 0 atom stereocenters. The van der Waals surface area contributed by atoms with Gasteiger partial charge in [0.1, 0.15) is 0 Å². The lowest BCUT2D eigenvalue weighted by molar-refractivity contribution is 0.0726. The quantitative estimate of drug-likeness (QED) is 0.171. The highest BCUT2D eigenvalue weighted by molar-refractivity contribution is 9.10. The van der Waals surface area contributed by atoms with Gasteiger partial charge in [0.25, 0.3) is 5.91 Å². The van der Waals surface area contributed by atoms with Crippen LogP contribution >= 0.6 is 39.1 Å². The highest BCUT2D eigenvalue weighted by Crippen LogP contribution is 2.37. The Morgan fingerprint density at radius 2 is 1.84 bits per heavy atom. The zero-order valence-electron chi connectivity index (χ0n) is 16.8. The fraction of sp³-hybridized carbons (Fsp3) is 0.0870. The van der Waals surface area contributed by atoms with E-state index in [0.29, 0.717) is 33.0 Å². The highest BCUT2D eigenvalue weighted by atomic mass is 79.9. The first-order valence-electron chi connectivity index (χ1n) is 9.41. The Labute approximate surface area is 203 Å². The Hall–Kier alpha value is -2.87. The molecule has 0 saturated carbocycles. The van der Waals surface area contributed by atoms with Gasteiger partial charge < -0.3 is 9.47 Å². The number of benzene rings is 3. The van der Waals surface area contributed by atoms with E-state index in [1.165, 1.54) is 18.3 Å². The number of carbonyl (C=O) groups is 2. The first-order valence-corrected chi connectivity index (χ1v) is 11.0. The normalized spacial score (nSPS) is 10.8. The molecule has 3 rings (SSSR count). The van der Waals surface area contributed by atoms with Crippen LogP contribution in [-0.4, -0.2) is 24.7 Å². The molecule has 0 aliphatic heterocycles. The standard InChI is InChI=1S/C23H17BrCl2N2O4/c1-2-31-20-11-14(13-27-28-22(29)17-9-8-16(25)12-19(17)26)10-18(24)21(20)32-23(30)15-6-4-3-5-7-15/h3-13H,2H2,1H3,(H,28,29)/b27-13-. The summed E-state index contributed by atoms with van der Waals surface area (Å²) in [7, 11) is 0. The maximum Gasteiger partial charge on any atom is 0.343 e. The third-order valence-electron chi connectivity index (χ3n) is 4.09. The van der Waals surface area contributed by atoms with Gasteiger partial charge in [0.15, 0.2) is 11.5 Å². The SMILES string of the molecule is CCOc1cc(/C=N\NC(=O)c2ccc(Cl)cc2Cl)cc(Br)c1OC(=O)c1ccccc1. The minimum atomic E-state index is -0.513. The van der Waals surface area contributed by atoms with Crippen LogP contribution in [0.15, 0.2) is 70.2 Å². The summed E-state index contributed by atoms with van der Waals surface area (Å²) in [5.41, 5.74) is 3.66. The Morgan fingerprint density at radius 3 is 2.53 bits per heavy atom. The number of hydrazone groups is 1. The Kier molecular flexibility index (Phi) is 8.27. The number of ether oxygens (including phenoxy) is 2. The van der Waals surface area contributed by atoms with E-state index in [1.807, 2.05) is 13.0 Å². The molecule has 0 saturated heterocycles. The molecule has 0 bridgehead atoms. The lowest BCUT2D eigenvalue weighted by Crippen LogP contribution is -2.18. The number of hydrogen-bond acceptors (Lipinski definition) is 5. The van der Waals surface area contributed by atoms with Gasteiger partial charge in [-0.15, -0.1) is 0 Å². The smallest absolute Gasteiger partial charge is 0.343 e. The van der Waals surface area contributed by atoms with Crippen molar-refractivity contribution in [3.63, 3.8) is 0 Å². The van der Waals surface area contributed by atoms with Gasteiger partial charge in [0.05, 0.1) is 33.4 Å². The van der Waals surface area contributed by atoms with Gasteiger partial charge in [-0.1, -0.05) is 41.4 Å². The Morgan fingerprint density at radius 1 is 1.09 bits per heavy atom. The van der Waals surface area contributed by atoms with Crippen LogP contribution in [0.2, 0.25) is 10.0 Å². The monoisotopic (exact) mass is 534 g/mol. The molecule has 1 N–H and O–H groups in total. The Balaban J connectivity index is 1.77. The van der Waals surface area contributed by atoms with Crippen molar-refractivity contribution in [1.29, 1.82) is 0 Å². The van der Waals surface area contributed by atoms with E-state index in [4.69, 9.17) is 32.7 Å². The predicted octanol–water partition coefficient (Wildman–Crippen LogP) is 6.14. The molecule has 0 spiro atoms. The van der Waals surface area contributed by atoms with Crippen molar-refractivity contribution >= 4 is 57.2 Å². The summed E-state index contributed by atoms with van der Waals surface area (Å²) in [4.78, 5) is 24.7. The number of esters is 1. The van der Waals surface area contributed by atoms with Gasteiger partial charge in [-0.2, -0.15) is 5.10 Å². The summed E-state index contributed by atoms with van der Waals surface area (Å²) in [5.74, 6) is -0.407. The van der Waals surface area contributed by atoms with Crippen molar-refractivity contribution in [1.82, 2.24) is 5.43 Å². The van der Waals surface area contributed by atoms with Crippen LogP contribution in [0.4, 0.5) is 0 Å². The lowest BCUT2D eigenvalue weighted by atomic mass is 10.2. The number of amides is 1. The number of carbonyl (C=O) groups excluding carboxylic acids is 2. The number of nitrogens with zero attached hydrogens (tertiary/aromatic N) is 1. The topological polar surface area (TPSA) is 77.0 Å². The van der Waals surface area contributed by atoms with Crippen LogP contribution in [0, 0.1) is 0 Å². The molecule has 164 valence electrons. The molecule has 0 aliphatic carbocycles. The largest absolute Gasteiger partial charge is 0.490 e. The van der Waals surface area contributed by atoms with E-state index in [0.717, 1.165) is 0 Å². The van der Waals surface area contributed by atoms with Crippen LogP contribution in [0.3, 0.4) is 0 Å². The van der Waals surface area contributed by atoms with Crippen molar-refractivity contribution in [3.05, 3.63) is 91.9 Å². The van der Waals surface area contributed by atoms with E-state index in [1.54, 1.807) is 42.5 Å². The first-order chi connectivity index (χ1) is 15.4. The fourth-order valence-corrected chi connectivity index (χ4v) is 3.68. The molecule has 1 amide bonds. The summed E-state index contributed by atoms with van der Waals surface area (Å²) >= 11 is 15.3. The molecule has 0 fully saturated rings. The van der Waals surface area contributed by atoms with Crippen LogP contribution in [0.25, 0.3) is 0 Å². The second kappa shape index (κ2) is 11.1. The minimum Gasteiger partial charge on any atom is -0.490 e. The van der Waals surface area contributed by atoms with E-state index < -0.39 is 11.9 Å². The molecule has 0 heterocycles. The summed E-state index contributed by atoms with van der Waals surface area (Å²) in [6.45, 7) is 2.17. The number of rotatable bonds is 7. The van der Waals surface area contributed by atoms with Crippen molar-refractivity contribution < 1.29 is 19.1 Å². The predicted molar refractivity (Wildman–Crippen MR) is 128 cm³/mol. The first kappa shape index (κ1) is 23.8. The fourth-order valence-electron chi connectivity index (χ4n) is 2.65. The Bertz CT molecular complexity index is 1170. The van der Waals surface area contributed by atoms with Crippen LogP contribution in [-0.2, 0) is 0 Å². The van der Waals surface area contributed by atoms with Gasteiger partial charge in [-0.3, -0.25) is 4.79 Å². The zero-order valence-corrected chi connectivity index (χ0v) is 19.9. The van der Waals surface area contributed by atoms with Gasteiger partial charge in [-0.05, 0) is 70.9 Å². The number of hydrogen-bond donors (Lipinski definition) is 1. The molecule has 9 heteroatoms. The third kappa shape index (κ3) is 6.09.